The van der Waals surface area contributed by atoms with Crippen LogP contribution >= 0.6 is 0 Å². The number of hydrogen-bond donors (Lipinski definition) is 1. The molecule has 2 fully saturated rings. The van der Waals surface area contributed by atoms with E-state index in [9.17, 15) is 5.11 Å². The molecule has 4 nitrogen and oxygen atoms in total. The minimum absolute atomic E-state index is 0.00524. The van der Waals surface area contributed by atoms with Gasteiger partial charge in [0.2, 0.25) is 0 Å². The number of aliphatic hydroxyl groups excluding tert-OH is 1. The quantitative estimate of drug-likeness (QED) is 0.729. The van der Waals surface area contributed by atoms with E-state index in [0.29, 0.717) is 19.6 Å². The van der Waals surface area contributed by atoms with Crippen molar-refractivity contribution in [2.75, 3.05) is 26.4 Å². The topological polar surface area (TPSA) is 47.9 Å². The molecular formula is C19H32O4. The van der Waals surface area contributed by atoms with Gasteiger partial charge in [0.1, 0.15) is 0 Å². The van der Waals surface area contributed by atoms with Crippen molar-refractivity contribution in [2.24, 2.45) is 11.3 Å². The van der Waals surface area contributed by atoms with Crippen LogP contribution in [0.3, 0.4) is 0 Å². The third-order valence-corrected chi connectivity index (χ3v) is 4.95. The molecule has 2 unspecified atom stereocenters. The fourth-order valence-corrected chi connectivity index (χ4v) is 3.12. The van der Waals surface area contributed by atoms with E-state index in [4.69, 9.17) is 14.2 Å². The van der Waals surface area contributed by atoms with E-state index in [0.717, 1.165) is 31.4 Å². The van der Waals surface area contributed by atoms with Crippen molar-refractivity contribution in [3.05, 3.63) is 24.3 Å². The van der Waals surface area contributed by atoms with Gasteiger partial charge in [0.15, 0.2) is 5.79 Å². The van der Waals surface area contributed by atoms with E-state index in [-0.39, 0.29) is 24.0 Å². The molecule has 0 aliphatic carbocycles. The summed E-state index contributed by atoms with van der Waals surface area (Å²) in [5.74, 6) is -0.465. The van der Waals surface area contributed by atoms with E-state index in [2.05, 4.69) is 33.9 Å². The SMILES string of the molecule is C=C(CO)C(C)CC1(CCC2OCCC2=C)OCC(C)(C)CO1. The Morgan fingerprint density at radius 3 is 2.52 bits per heavy atom. The van der Waals surface area contributed by atoms with Gasteiger partial charge in [0.25, 0.3) is 0 Å². The first-order chi connectivity index (χ1) is 10.8. The van der Waals surface area contributed by atoms with E-state index in [1.807, 2.05) is 0 Å². The van der Waals surface area contributed by atoms with E-state index in [1.54, 1.807) is 0 Å². The first-order valence-corrected chi connectivity index (χ1v) is 8.63. The minimum Gasteiger partial charge on any atom is -0.392 e. The summed E-state index contributed by atoms with van der Waals surface area (Å²) in [4.78, 5) is 0. The van der Waals surface area contributed by atoms with Gasteiger partial charge in [-0.1, -0.05) is 33.9 Å². The summed E-state index contributed by atoms with van der Waals surface area (Å²) in [6.45, 7) is 16.5. The summed E-state index contributed by atoms with van der Waals surface area (Å²) >= 11 is 0. The van der Waals surface area contributed by atoms with Gasteiger partial charge in [-0.05, 0) is 29.9 Å². The molecule has 0 amide bonds. The Kier molecular flexibility index (Phi) is 6.06. The summed E-state index contributed by atoms with van der Waals surface area (Å²) in [7, 11) is 0. The highest BCUT2D eigenvalue weighted by Gasteiger charge is 2.42. The van der Waals surface area contributed by atoms with Crippen LogP contribution in [-0.2, 0) is 14.2 Å². The number of ether oxygens (including phenoxy) is 3. The third kappa shape index (κ3) is 4.90. The summed E-state index contributed by atoms with van der Waals surface area (Å²) < 4.78 is 18.2. The predicted molar refractivity (Wildman–Crippen MR) is 91.2 cm³/mol. The second-order valence-electron chi connectivity index (χ2n) is 7.88. The molecule has 0 aromatic rings. The molecule has 2 rings (SSSR count). The molecule has 1 N–H and O–H groups in total. The third-order valence-electron chi connectivity index (χ3n) is 4.95. The molecule has 2 saturated heterocycles. The molecule has 4 heteroatoms. The second kappa shape index (κ2) is 7.47. The van der Waals surface area contributed by atoms with Crippen LogP contribution in [0.4, 0.5) is 0 Å². The average molecular weight is 324 g/mol. The van der Waals surface area contributed by atoms with E-state index < -0.39 is 5.79 Å². The molecule has 2 aliphatic heterocycles. The van der Waals surface area contributed by atoms with Crippen LogP contribution in [0.15, 0.2) is 24.3 Å². The molecule has 0 aromatic carbocycles. The van der Waals surface area contributed by atoms with E-state index >= 15 is 0 Å². The molecule has 0 radical (unpaired) electrons. The maximum absolute atomic E-state index is 9.33. The van der Waals surface area contributed by atoms with Crippen molar-refractivity contribution in [1.82, 2.24) is 0 Å². The lowest BCUT2D eigenvalue weighted by Crippen LogP contribution is -2.49. The predicted octanol–water partition coefficient (Wildman–Crippen LogP) is 3.46. The highest BCUT2D eigenvalue weighted by atomic mass is 16.7. The van der Waals surface area contributed by atoms with Crippen molar-refractivity contribution in [3.8, 4) is 0 Å². The Morgan fingerprint density at radius 2 is 2.00 bits per heavy atom. The number of aliphatic hydroxyl groups is 1. The van der Waals surface area contributed by atoms with Crippen LogP contribution in [0.1, 0.15) is 46.5 Å². The zero-order valence-electron chi connectivity index (χ0n) is 14.9. The molecule has 0 saturated carbocycles. The highest BCUT2D eigenvalue weighted by molar-refractivity contribution is 5.07. The first-order valence-electron chi connectivity index (χ1n) is 8.63. The molecule has 0 spiro atoms. The lowest BCUT2D eigenvalue weighted by atomic mass is 9.88. The summed E-state index contributed by atoms with van der Waals surface area (Å²) in [6.07, 6.45) is 3.41. The van der Waals surface area contributed by atoms with Crippen LogP contribution in [-0.4, -0.2) is 43.4 Å². The molecule has 132 valence electrons. The van der Waals surface area contributed by atoms with Gasteiger partial charge in [0, 0.05) is 18.3 Å². The molecule has 23 heavy (non-hydrogen) atoms. The summed E-state index contributed by atoms with van der Waals surface area (Å²) in [5, 5.41) is 9.33. The molecule has 0 bridgehead atoms. The van der Waals surface area contributed by atoms with Crippen molar-refractivity contribution in [1.29, 1.82) is 0 Å². The van der Waals surface area contributed by atoms with Gasteiger partial charge in [0.05, 0.1) is 32.5 Å². The molecule has 2 atom stereocenters. The van der Waals surface area contributed by atoms with E-state index in [1.165, 1.54) is 5.57 Å². The average Bonchev–Trinajstić information content (AvgIpc) is 2.92. The Balaban J connectivity index is 2.02. The molecular weight excluding hydrogens is 292 g/mol. The van der Waals surface area contributed by atoms with Gasteiger partial charge in [-0.2, -0.15) is 0 Å². The summed E-state index contributed by atoms with van der Waals surface area (Å²) in [6, 6.07) is 0. The fourth-order valence-electron chi connectivity index (χ4n) is 3.12. The zero-order chi connectivity index (χ0) is 17.1. The largest absolute Gasteiger partial charge is 0.392 e. The van der Waals surface area contributed by atoms with Gasteiger partial charge in [-0.25, -0.2) is 0 Å². The Morgan fingerprint density at radius 1 is 1.35 bits per heavy atom. The number of hydrogen-bond acceptors (Lipinski definition) is 4. The maximum atomic E-state index is 9.33. The lowest BCUT2D eigenvalue weighted by Gasteiger charge is -2.45. The molecule has 2 heterocycles. The second-order valence-corrected chi connectivity index (χ2v) is 7.88. The van der Waals surface area contributed by atoms with Gasteiger partial charge in [-0.3, -0.25) is 0 Å². The monoisotopic (exact) mass is 324 g/mol. The highest BCUT2D eigenvalue weighted by Crippen LogP contribution is 2.39. The Bertz CT molecular complexity index is 431. The van der Waals surface area contributed by atoms with Crippen molar-refractivity contribution in [2.45, 2.75) is 58.3 Å². The lowest BCUT2D eigenvalue weighted by molar-refractivity contribution is -0.308. The van der Waals surface area contributed by atoms with Crippen molar-refractivity contribution >= 4 is 0 Å². The van der Waals surface area contributed by atoms with Crippen LogP contribution in [0.25, 0.3) is 0 Å². The number of rotatable bonds is 7. The minimum atomic E-state index is -0.612. The zero-order valence-corrected chi connectivity index (χ0v) is 14.9. The van der Waals surface area contributed by atoms with Crippen LogP contribution in [0.2, 0.25) is 0 Å². The molecule has 2 aliphatic rings. The van der Waals surface area contributed by atoms with Gasteiger partial charge < -0.3 is 19.3 Å². The van der Waals surface area contributed by atoms with Crippen LogP contribution in [0.5, 0.6) is 0 Å². The van der Waals surface area contributed by atoms with Crippen molar-refractivity contribution < 1.29 is 19.3 Å². The first kappa shape index (κ1) is 18.7. The van der Waals surface area contributed by atoms with Crippen molar-refractivity contribution in [3.63, 3.8) is 0 Å². The smallest absolute Gasteiger partial charge is 0.169 e. The Hall–Kier alpha value is -0.680. The van der Waals surface area contributed by atoms with Gasteiger partial charge in [-0.15, -0.1) is 0 Å². The summed E-state index contributed by atoms with van der Waals surface area (Å²) in [5.41, 5.74) is 2.03. The molecule has 0 aromatic heterocycles. The normalized spacial score (nSPS) is 27.8. The van der Waals surface area contributed by atoms with Crippen LogP contribution in [0, 0.1) is 11.3 Å². The van der Waals surface area contributed by atoms with Crippen LogP contribution < -0.4 is 0 Å². The fraction of sp³-hybridized carbons (Fsp3) is 0.789. The van der Waals surface area contributed by atoms with Gasteiger partial charge >= 0.3 is 0 Å². The standard InChI is InChI=1S/C19H32O4/c1-14-7-9-21-17(14)6-8-19(10-15(2)16(3)11-20)22-12-18(4,5)13-23-19/h15,17,20H,1,3,6-13H2,2,4-5H3. The Labute approximate surface area is 140 Å². The maximum Gasteiger partial charge on any atom is 0.169 e.